The van der Waals surface area contributed by atoms with E-state index in [9.17, 15) is 0 Å². The molecule has 2 aliphatic rings. The van der Waals surface area contributed by atoms with Crippen molar-refractivity contribution < 1.29 is 0 Å². The smallest absolute Gasteiger partial charge is 0.0707 e. The van der Waals surface area contributed by atoms with Crippen molar-refractivity contribution in [1.82, 2.24) is 0 Å². The van der Waals surface area contributed by atoms with Crippen molar-refractivity contribution in [3.8, 4) is 11.1 Å². The Morgan fingerprint density at radius 3 is 2.08 bits per heavy atom. The van der Waals surface area contributed by atoms with E-state index in [4.69, 9.17) is 0 Å². The quantitative estimate of drug-likeness (QED) is 0.529. The molecule has 4 rings (SSSR count). The van der Waals surface area contributed by atoms with E-state index in [1.54, 1.807) is 0 Å². The molecule has 0 saturated carbocycles. The molecule has 0 N–H and O–H groups in total. The van der Waals surface area contributed by atoms with E-state index in [0.29, 0.717) is 5.92 Å². The van der Waals surface area contributed by atoms with E-state index in [0.717, 1.165) is 6.42 Å². The van der Waals surface area contributed by atoms with E-state index in [-0.39, 0.29) is 5.41 Å². The van der Waals surface area contributed by atoms with Crippen molar-refractivity contribution in [1.29, 1.82) is 0 Å². The van der Waals surface area contributed by atoms with Gasteiger partial charge in [-0.05, 0) is 59.6 Å². The molecule has 2 aromatic carbocycles. The monoisotopic (exact) mass is 338 g/mol. The maximum absolute atomic E-state index is 2.45. The van der Waals surface area contributed by atoms with Crippen molar-refractivity contribution in [2.75, 3.05) is 0 Å². The summed E-state index contributed by atoms with van der Waals surface area (Å²) in [6.45, 7) is 6.56. The van der Waals surface area contributed by atoms with Gasteiger partial charge in [0.25, 0.3) is 0 Å². The molecule has 0 aromatic heterocycles. The van der Waals surface area contributed by atoms with E-state index < -0.39 is 0 Å². The first-order valence-corrected chi connectivity index (χ1v) is 9.61. The number of fused-ring (bicyclic) bond motifs is 3. The highest BCUT2D eigenvalue weighted by Crippen LogP contribution is 2.57. The number of allylic oxidation sites excluding steroid dienone is 8. The average Bonchev–Trinajstić information content (AvgIpc) is 2.98. The first-order valence-electron chi connectivity index (χ1n) is 9.61. The number of rotatable bonds is 3. The Kier molecular flexibility index (Phi) is 4.28. The van der Waals surface area contributed by atoms with Gasteiger partial charge in [-0.1, -0.05) is 91.9 Å². The molecule has 0 nitrogen and oxygen atoms in total. The second-order valence-electron chi connectivity index (χ2n) is 7.32. The molecule has 1 unspecified atom stereocenters. The van der Waals surface area contributed by atoms with Gasteiger partial charge in [0.2, 0.25) is 0 Å². The third-order valence-electron chi connectivity index (χ3n) is 5.79. The van der Waals surface area contributed by atoms with E-state index in [1.165, 1.54) is 33.4 Å². The fourth-order valence-corrected chi connectivity index (χ4v) is 4.65. The van der Waals surface area contributed by atoms with Crippen LogP contribution in [0.2, 0.25) is 0 Å². The summed E-state index contributed by atoms with van der Waals surface area (Å²) < 4.78 is 0. The largest absolute Gasteiger partial charge is 0.0873 e. The summed E-state index contributed by atoms with van der Waals surface area (Å²) in [5.41, 5.74) is 8.06. The van der Waals surface area contributed by atoms with Gasteiger partial charge in [-0.25, -0.2) is 0 Å². The molecule has 0 saturated heterocycles. The summed E-state index contributed by atoms with van der Waals surface area (Å²) in [6, 6.07) is 17.8. The Bertz CT molecular complexity index is 904. The van der Waals surface area contributed by atoms with Gasteiger partial charge in [-0.2, -0.15) is 0 Å². The van der Waals surface area contributed by atoms with Crippen molar-refractivity contribution in [3.63, 3.8) is 0 Å². The van der Waals surface area contributed by atoms with E-state index in [1.807, 2.05) is 0 Å². The van der Waals surface area contributed by atoms with Gasteiger partial charge in [-0.3, -0.25) is 0 Å². The van der Waals surface area contributed by atoms with Crippen LogP contribution in [-0.4, -0.2) is 0 Å². The Hall–Kier alpha value is -2.60. The van der Waals surface area contributed by atoms with E-state index in [2.05, 4.69) is 106 Å². The maximum atomic E-state index is 2.45. The third kappa shape index (κ3) is 2.29. The first-order chi connectivity index (χ1) is 12.7. The third-order valence-corrected chi connectivity index (χ3v) is 5.79. The lowest BCUT2D eigenvalue weighted by molar-refractivity contribution is 0.690. The summed E-state index contributed by atoms with van der Waals surface area (Å²) in [7, 11) is 0. The van der Waals surface area contributed by atoms with E-state index >= 15 is 0 Å². The van der Waals surface area contributed by atoms with Crippen LogP contribution in [0.1, 0.15) is 38.3 Å². The number of hydrogen-bond donors (Lipinski definition) is 0. The van der Waals surface area contributed by atoms with Crippen molar-refractivity contribution >= 4 is 0 Å². The molecule has 0 fully saturated rings. The Labute approximate surface area is 157 Å². The summed E-state index contributed by atoms with van der Waals surface area (Å²) in [6.07, 6.45) is 15.0. The van der Waals surface area contributed by atoms with Gasteiger partial charge in [-0.15, -0.1) is 0 Å². The van der Waals surface area contributed by atoms with Gasteiger partial charge < -0.3 is 0 Å². The first kappa shape index (κ1) is 16.8. The highest BCUT2D eigenvalue weighted by Gasteiger charge is 2.46. The minimum Gasteiger partial charge on any atom is -0.0873 e. The number of benzene rings is 2. The molecule has 2 aromatic rings. The highest BCUT2D eigenvalue weighted by molar-refractivity contribution is 5.87. The fourth-order valence-electron chi connectivity index (χ4n) is 4.65. The molecular weight excluding hydrogens is 312 g/mol. The standard InChI is InChI=1S/C26H26/c1-4-10-20(5-2)26(21-17-15-19(3)16-18-21)24-13-8-6-11-22(24)23-12-7-9-14-25(23)26/h4-15,17-19H,16H2,1-3H3/b10-4-,20-5+. The second kappa shape index (κ2) is 6.61. The van der Waals surface area contributed by atoms with Crippen LogP contribution in [0, 0.1) is 5.92 Å². The SMILES string of the molecule is C/C=C\C(=C/C)C1(C2=CCC(C)C=C2)c2ccccc2-c2ccccc21. The van der Waals surface area contributed by atoms with Crippen LogP contribution in [0.5, 0.6) is 0 Å². The lowest BCUT2D eigenvalue weighted by Gasteiger charge is -2.37. The number of hydrogen-bond acceptors (Lipinski definition) is 0. The molecule has 0 spiro atoms. The highest BCUT2D eigenvalue weighted by atomic mass is 14.5. The van der Waals surface area contributed by atoms with Gasteiger partial charge in [0.05, 0.1) is 5.41 Å². The van der Waals surface area contributed by atoms with Crippen molar-refractivity contribution in [3.05, 3.63) is 107 Å². The zero-order valence-corrected chi connectivity index (χ0v) is 15.9. The predicted molar refractivity (Wildman–Crippen MR) is 112 cm³/mol. The zero-order chi connectivity index (χ0) is 18.1. The van der Waals surface area contributed by atoms with Crippen molar-refractivity contribution in [2.24, 2.45) is 5.92 Å². The van der Waals surface area contributed by atoms with Crippen LogP contribution < -0.4 is 0 Å². The van der Waals surface area contributed by atoms with Crippen LogP contribution in [0.3, 0.4) is 0 Å². The topological polar surface area (TPSA) is 0 Å². The Morgan fingerprint density at radius 1 is 0.962 bits per heavy atom. The molecule has 0 heterocycles. The lowest BCUT2D eigenvalue weighted by Crippen LogP contribution is -2.30. The van der Waals surface area contributed by atoms with Gasteiger partial charge >= 0.3 is 0 Å². The van der Waals surface area contributed by atoms with Gasteiger partial charge in [0.1, 0.15) is 0 Å². The molecule has 0 bridgehead atoms. The summed E-state index contributed by atoms with van der Waals surface area (Å²) in [4.78, 5) is 0. The molecule has 0 heteroatoms. The molecule has 26 heavy (non-hydrogen) atoms. The summed E-state index contributed by atoms with van der Waals surface area (Å²) >= 11 is 0. The Balaban J connectivity index is 2.11. The molecule has 0 amide bonds. The lowest BCUT2D eigenvalue weighted by atomic mass is 9.65. The molecule has 1 atom stereocenters. The van der Waals surface area contributed by atoms with Gasteiger partial charge in [0.15, 0.2) is 0 Å². The fraction of sp³-hybridized carbons (Fsp3) is 0.231. The predicted octanol–water partition coefficient (Wildman–Crippen LogP) is 7.00. The zero-order valence-electron chi connectivity index (χ0n) is 15.9. The van der Waals surface area contributed by atoms with Crippen LogP contribution in [0.25, 0.3) is 11.1 Å². The van der Waals surface area contributed by atoms with Crippen LogP contribution in [0.15, 0.2) is 96.1 Å². The molecule has 130 valence electrons. The second-order valence-corrected chi connectivity index (χ2v) is 7.32. The summed E-state index contributed by atoms with van der Waals surface area (Å²) in [5.74, 6) is 0.610. The average molecular weight is 338 g/mol. The summed E-state index contributed by atoms with van der Waals surface area (Å²) in [5, 5.41) is 0. The van der Waals surface area contributed by atoms with Crippen molar-refractivity contribution in [2.45, 2.75) is 32.6 Å². The maximum Gasteiger partial charge on any atom is 0.0707 e. The molecule has 0 radical (unpaired) electrons. The minimum atomic E-state index is -0.217. The van der Waals surface area contributed by atoms with Gasteiger partial charge in [0, 0.05) is 0 Å². The Morgan fingerprint density at radius 2 is 1.58 bits per heavy atom. The molecule has 0 aliphatic heterocycles. The van der Waals surface area contributed by atoms with Crippen LogP contribution >= 0.6 is 0 Å². The normalized spacial score (nSPS) is 20.8. The van der Waals surface area contributed by atoms with Crippen LogP contribution in [-0.2, 0) is 5.41 Å². The minimum absolute atomic E-state index is 0.217. The molecular formula is C26H26. The molecule has 2 aliphatic carbocycles. The van der Waals surface area contributed by atoms with Crippen LogP contribution in [0.4, 0.5) is 0 Å².